The molecule has 2 N–H and O–H groups in total. The van der Waals surface area contributed by atoms with Gasteiger partial charge >= 0.3 is 0 Å². The van der Waals surface area contributed by atoms with Crippen molar-refractivity contribution in [1.29, 1.82) is 0 Å². The predicted octanol–water partition coefficient (Wildman–Crippen LogP) is 3.44. The van der Waals surface area contributed by atoms with Crippen LogP contribution in [0.4, 0.5) is 5.69 Å². The summed E-state index contributed by atoms with van der Waals surface area (Å²) in [4.78, 5) is 12.3. The number of hydrogen-bond donors (Lipinski definition) is 2. The number of carbonyl (C=O) groups is 1. The van der Waals surface area contributed by atoms with Gasteiger partial charge in [0.05, 0.1) is 5.56 Å². The van der Waals surface area contributed by atoms with E-state index in [1.807, 2.05) is 6.07 Å². The minimum atomic E-state index is -0.0385. The second-order valence-corrected chi connectivity index (χ2v) is 5.32. The Labute approximate surface area is 113 Å². The van der Waals surface area contributed by atoms with Crippen LogP contribution < -0.4 is 10.6 Å². The normalized spacial score (nSPS) is 16.8. The molecule has 0 saturated heterocycles. The van der Waals surface area contributed by atoms with E-state index in [4.69, 9.17) is 11.6 Å². The summed E-state index contributed by atoms with van der Waals surface area (Å²) in [5.41, 5.74) is 1.43. The van der Waals surface area contributed by atoms with E-state index in [9.17, 15) is 4.79 Å². The first-order chi connectivity index (χ1) is 8.60. The maximum Gasteiger partial charge on any atom is 0.253 e. The van der Waals surface area contributed by atoms with E-state index in [1.165, 1.54) is 6.42 Å². The molecule has 0 spiro atoms. The Hall–Kier alpha value is -1.22. The van der Waals surface area contributed by atoms with Crippen LogP contribution in [0.3, 0.4) is 0 Å². The molecule has 1 aromatic carbocycles. The van der Waals surface area contributed by atoms with E-state index in [1.54, 1.807) is 19.2 Å². The van der Waals surface area contributed by atoms with Crippen molar-refractivity contribution in [2.45, 2.75) is 38.1 Å². The highest BCUT2D eigenvalue weighted by atomic mass is 35.5. The van der Waals surface area contributed by atoms with Gasteiger partial charge in [0.1, 0.15) is 0 Å². The van der Waals surface area contributed by atoms with Crippen LogP contribution >= 0.6 is 11.6 Å². The van der Waals surface area contributed by atoms with Gasteiger partial charge in [0.25, 0.3) is 5.91 Å². The molecular weight excluding hydrogens is 248 g/mol. The Morgan fingerprint density at radius 3 is 2.67 bits per heavy atom. The van der Waals surface area contributed by atoms with Gasteiger partial charge in [-0.1, -0.05) is 18.5 Å². The summed E-state index contributed by atoms with van der Waals surface area (Å²) in [6.07, 6.45) is 4.33. The average Bonchev–Trinajstić information content (AvgIpc) is 2.33. The maximum atomic E-state index is 12.3. The molecule has 1 aliphatic rings. The van der Waals surface area contributed by atoms with Crippen LogP contribution in [0.5, 0.6) is 0 Å². The molecule has 1 aliphatic carbocycles. The van der Waals surface area contributed by atoms with Crippen molar-refractivity contribution in [3.05, 3.63) is 28.8 Å². The lowest BCUT2D eigenvalue weighted by Crippen LogP contribution is -2.53. The molecule has 4 heteroatoms. The van der Waals surface area contributed by atoms with Crippen LogP contribution in [0.1, 0.15) is 43.0 Å². The van der Waals surface area contributed by atoms with E-state index in [2.05, 4.69) is 17.6 Å². The SMILES string of the molecule is CCC1(NC(=O)c2cc(Cl)ccc2NC)CCC1. The Morgan fingerprint density at radius 1 is 1.44 bits per heavy atom. The zero-order valence-electron chi connectivity index (χ0n) is 10.8. The number of benzene rings is 1. The highest BCUT2D eigenvalue weighted by Gasteiger charge is 2.36. The molecule has 98 valence electrons. The first-order valence-electron chi connectivity index (χ1n) is 6.40. The molecule has 1 fully saturated rings. The van der Waals surface area contributed by atoms with E-state index >= 15 is 0 Å². The molecule has 1 aromatic rings. The molecule has 0 aliphatic heterocycles. The summed E-state index contributed by atoms with van der Waals surface area (Å²) in [6, 6.07) is 5.32. The van der Waals surface area contributed by atoms with Crippen LogP contribution in [0, 0.1) is 0 Å². The highest BCUT2D eigenvalue weighted by molar-refractivity contribution is 6.31. The van der Waals surface area contributed by atoms with Gasteiger partial charge in [-0.05, 0) is 43.9 Å². The van der Waals surface area contributed by atoms with Crippen LogP contribution in [0.25, 0.3) is 0 Å². The molecule has 1 amide bonds. The molecule has 18 heavy (non-hydrogen) atoms. The number of rotatable bonds is 4. The first-order valence-corrected chi connectivity index (χ1v) is 6.78. The smallest absolute Gasteiger partial charge is 0.253 e. The van der Waals surface area contributed by atoms with E-state index < -0.39 is 0 Å². The van der Waals surface area contributed by atoms with Gasteiger partial charge in [-0.3, -0.25) is 4.79 Å². The van der Waals surface area contributed by atoms with Crippen molar-refractivity contribution in [2.75, 3.05) is 12.4 Å². The predicted molar refractivity (Wildman–Crippen MR) is 75.3 cm³/mol. The Bertz CT molecular complexity index is 450. The molecule has 1 saturated carbocycles. The second kappa shape index (κ2) is 5.19. The van der Waals surface area contributed by atoms with Crippen molar-refractivity contribution < 1.29 is 4.79 Å². The first kappa shape index (κ1) is 13.2. The highest BCUT2D eigenvalue weighted by Crippen LogP contribution is 2.35. The molecule has 0 atom stereocenters. The number of anilines is 1. The van der Waals surface area contributed by atoms with Gasteiger partial charge in [-0.2, -0.15) is 0 Å². The summed E-state index contributed by atoms with van der Waals surface area (Å²) in [6.45, 7) is 2.12. The lowest BCUT2D eigenvalue weighted by atomic mass is 9.74. The van der Waals surface area contributed by atoms with Crippen LogP contribution in [-0.4, -0.2) is 18.5 Å². The van der Waals surface area contributed by atoms with Crippen LogP contribution in [-0.2, 0) is 0 Å². The number of halogens is 1. The fraction of sp³-hybridized carbons (Fsp3) is 0.500. The van der Waals surface area contributed by atoms with Gasteiger partial charge in [0.2, 0.25) is 0 Å². The maximum absolute atomic E-state index is 12.3. The third-order valence-electron chi connectivity index (χ3n) is 3.86. The molecule has 0 aromatic heterocycles. The molecule has 2 rings (SSSR count). The molecule has 0 bridgehead atoms. The van der Waals surface area contributed by atoms with Gasteiger partial charge in [0, 0.05) is 23.3 Å². The zero-order valence-corrected chi connectivity index (χ0v) is 11.6. The summed E-state index contributed by atoms with van der Waals surface area (Å²) in [5, 5.41) is 6.77. The summed E-state index contributed by atoms with van der Waals surface area (Å²) < 4.78 is 0. The molecular formula is C14H19ClN2O. The molecule has 3 nitrogen and oxygen atoms in total. The molecule has 0 heterocycles. The van der Waals surface area contributed by atoms with Crippen LogP contribution in [0.2, 0.25) is 5.02 Å². The standard InChI is InChI=1S/C14H19ClN2O/c1-3-14(7-4-8-14)17-13(18)11-9-10(15)5-6-12(11)16-2/h5-6,9,16H,3-4,7-8H2,1-2H3,(H,17,18). The largest absolute Gasteiger partial charge is 0.387 e. The number of hydrogen-bond acceptors (Lipinski definition) is 2. The third-order valence-corrected chi connectivity index (χ3v) is 4.10. The number of nitrogens with one attached hydrogen (secondary N) is 2. The van der Waals surface area contributed by atoms with Gasteiger partial charge in [0.15, 0.2) is 0 Å². The fourth-order valence-corrected chi connectivity index (χ4v) is 2.57. The minimum absolute atomic E-state index is 0.00438. The second-order valence-electron chi connectivity index (χ2n) is 4.88. The Morgan fingerprint density at radius 2 is 2.17 bits per heavy atom. The third kappa shape index (κ3) is 2.46. The van der Waals surface area contributed by atoms with Crippen molar-refractivity contribution in [3.8, 4) is 0 Å². The van der Waals surface area contributed by atoms with Gasteiger partial charge in [-0.15, -0.1) is 0 Å². The van der Waals surface area contributed by atoms with Gasteiger partial charge in [-0.25, -0.2) is 0 Å². The van der Waals surface area contributed by atoms with Crippen LogP contribution in [0.15, 0.2) is 18.2 Å². The van der Waals surface area contributed by atoms with Gasteiger partial charge < -0.3 is 10.6 Å². The van der Waals surface area contributed by atoms with E-state index in [0.717, 1.165) is 24.9 Å². The Kier molecular flexibility index (Phi) is 3.81. The summed E-state index contributed by atoms with van der Waals surface area (Å²) >= 11 is 5.96. The molecule has 0 unspecified atom stereocenters. The minimum Gasteiger partial charge on any atom is -0.387 e. The van der Waals surface area contributed by atoms with Crippen molar-refractivity contribution >= 4 is 23.2 Å². The van der Waals surface area contributed by atoms with E-state index in [0.29, 0.717) is 10.6 Å². The van der Waals surface area contributed by atoms with E-state index in [-0.39, 0.29) is 11.4 Å². The quantitative estimate of drug-likeness (QED) is 0.876. The average molecular weight is 267 g/mol. The van der Waals surface area contributed by atoms with Crippen molar-refractivity contribution in [2.24, 2.45) is 0 Å². The fourth-order valence-electron chi connectivity index (χ4n) is 2.40. The summed E-state index contributed by atoms with van der Waals surface area (Å²) in [7, 11) is 1.80. The van der Waals surface area contributed by atoms with Crippen molar-refractivity contribution in [1.82, 2.24) is 5.32 Å². The topological polar surface area (TPSA) is 41.1 Å². The van der Waals surface area contributed by atoms with Crippen molar-refractivity contribution in [3.63, 3.8) is 0 Å². The lowest BCUT2D eigenvalue weighted by Gasteiger charge is -2.42. The monoisotopic (exact) mass is 266 g/mol. The summed E-state index contributed by atoms with van der Waals surface area (Å²) in [5.74, 6) is -0.0385. The molecule has 0 radical (unpaired) electrons. The zero-order chi connectivity index (χ0) is 13.2. The number of amides is 1. The number of carbonyl (C=O) groups excluding carboxylic acids is 1. The lowest BCUT2D eigenvalue weighted by molar-refractivity contribution is 0.0821. The Balaban J connectivity index is 2.20.